The molecule has 0 aliphatic carbocycles. The number of benzene rings is 2. The molecule has 180 valence electrons. The Kier molecular flexibility index (Phi) is 6.92. The molecule has 1 aliphatic heterocycles. The number of nitrogens with zero attached hydrogens (tertiary/aromatic N) is 2. The normalized spacial score (nSPS) is 16.3. The van der Waals surface area contributed by atoms with Crippen molar-refractivity contribution < 1.29 is 27.4 Å². The summed E-state index contributed by atoms with van der Waals surface area (Å²) in [4.78, 5) is 19.2. The Morgan fingerprint density at radius 1 is 1.12 bits per heavy atom. The number of piperidine rings is 1. The maximum Gasteiger partial charge on any atom is 0.310 e. The average molecular weight is 485 g/mol. The Morgan fingerprint density at radius 3 is 2.50 bits per heavy atom. The number of carbonyl (C=O) groups is 1. The Morgan fingerprint density at radius 2 is 1.82 bits per heavy atom. The lowest BCUT2D eigenvalue weighted by Crippen LogP contribution is -2.40. The minimum absolute atomic E-state index is 0.0860. The molecule has 0 spiro atoms. The van der Waals surface area contributed by atoms with Gasteiger partial charge in [-0.25, -0.2) is 8.42 Å². The second kappa shape index (κ2) is 9.89. The van der Waals surface area contributed by atoms with Gasteiger partial charge in [0.15, 0.2) is 11.5 Å². The molecule has 1 saturated heterocycles. The van der Waals surface area contributed by atoms with Crippen LogP contribution in [-0.4, -0.2) is 53.3 Å². The standard InChI is InChI=1S/C25H28N2O6S/c1-4-33-25(28)17-9-8-12-27(16-17)24-19-13-21(31-2)22(32-3)14-20(19)26-15-23(24)34(29,30)18-10-6-5-7-11-18/h5-7,10-11,13-15,17H,4,8-9,12,16H2,1-3H3. The zero-order valence-corrected chi connectivity index (χ0v) is 20.3. The second-order valence-corrected chi connectivity index (χ2v) is 9.97. The largest absolute Gasteiger partial charge is 0.493 e. The monoisotopic (exact) mass is 484 g/mol. The molecule has 0 radical (unpaired) electrons. The van der Waals surface area contributed by atoms with E-state index in [9.17, 15) is 13.2 Å². The highest BCUT2D eigenvalue weighted by Gasteiger charge is 2.32. The van der Waals surface area contributed by atoms with E-state index in [1.165, 1.54) is 20.4 Å². The van der Waals surface area contributed by atoms with Gasteiger partial charge in [0.1, 0.15) is 4.90 Å². The maximum absolute atomic E-state index is 13.7. The van der Waals surface area contributed by atoms with Gasteiger partial charge in [-0.1, -0.05) is 18.2 Å². The minimum Gasteiger partial charge on any atom is -0.493 e. The predicted octanol–water partition coefficient (Wildman–Crippen LogP) is 3.86. The van der Waals surface area contributed by atoms with E-state index in [1.54, 1.807) is 49.4 Å². The van der Waals surface area contributed by atoms with E-state index in [0.717, 1.165) is 6.42 Å². The molecular weight excluding hydrogens is 456 g/mol. The fraction of sp³-hybridized carbons (Fsp3) is 0.360. The number of anilines is 1. The number of methoxy groups -OCH3 is 2. The van der Waals surface area contributed by atoms with Crippen LogP contribution in [0.1, 0.15) is 19.8 Å². The van der Waals surface area contributed by atoms with Gasteiger partial charge in [-0.15, -0.1) is 0 Å². The highest BCUT2D eigenvalue weighted by molar-refractivity contribution is 7.91. The summed E-state index contributed by atoms with van der Waals surface area (Å²) in [6.07, 6.45) is 2.81. The number of esters is 1. The molecule has 0 saturated carbocycles. The summed E-state index contributed by atoms with van der Waals surface area (Å²) >= 11 is 0. The summed E-state index contributed by atoms with van der Waals surface area (Å²) in [5.74, 6) is 0.350. The van der Waals surface area contributed by atoms with Crippen molar-refractivity contribution >= 4 is 32.4 Å². The van der Waals surface area contributed by atoms with Crippen LogP contribution >= 0.6 is 0 Å². The number of ether oxygens (including phenoxy) is 3. The Bertz CT molecular complexity index is 1290. The first-order valence-electron chi connectivity index (χ1n) is 11.2. The number of hydrogen-bond acceptors (Lipinski definition) is 8. The van der Waals surface area contributed by atoms with E-state index in [0.29, 0.717) is 54.2 Å². The van der Waals surface area contributed by atoms with Crippen LogP contribution in [0.3, 0.4) is 0 Å². The fourth-order valence-corrected chi connectivity index (χ4v) is 5.82. The summed E-state index contributed by atoms with van der Waals surface area (Å²) in [5.41, 5.74) is 1.07. The first kappa shape index (κ1) is 23.8. The smallest absolute Gasteiger partial charge is 0.310 e. The van der Waals surface area contributed by atoms with E-state index >= 15 is 0 Å². The van der Waals surface area contributed by atoms with Gasteiger partial charge in [0, 0.05) is 30.7 Å². The van der Waals surface area contributed by atoms with Crippen LogP contribution in [0.4, 0.5) is 5.69 Å². The van der Waals surface area contributed by atoms with Crippen LogP contribution in [0.2, 0.25) is 0 Å². The van der Waals surface area contributed by atoms with Gasteiger partial charge >= 0.3 is 5.97 Å². The van der Waals surface area contributed by atoms with E-state index in [2.05, 4.69) is 4.98 Å². The van der Waals surface area contributed by atoms with Crippen LogP contribution in [0, 0.1) is 5.92 Å². The third-order valence-electron chi connectivity index (χ3n) is 6.01. The molecule has 2 aromatic carbocycles. The quantitative estimate of drug-likeness (QED) is 0.467. The third-order valence-corrected chi connectivity index (χ3v) is 7.78. The molecule has 1 unspecified atom stereocenters. The number of rotatable bonds is 7. The first-order chi connectivity index (χ1) is 16.4. The number of carbonyl (C=O) groups excluding carboxylic acids is 1. The van der Waals surface area contributed by atoms with Gasteiger partial charge in [0.05, 0.1) is 42.8 Å². The van der Waals surface area contributed by atoms with Crippen molar-refractivity contribution in [2.75, 3.05) is 38.8 Å². The number of hydrogen-bond donors (Lipinski definition) is 0. The maximum atomic E-state index is 13.7. The highest BCUT2D eigenvalue weighted by Crippen LogP contribution is 2.41. The summed E-state index contributed by atoms with van der Waals surface area (Å²) in [6.45, 7) is 3.03. The average Bonchev–Trinajstić information content (AvgIpc) is 2.87. The lowest BCUT2D eigenvalue weighted by Gasteiger charge is -2.35. The summed E-state index contributed by atoms with van der Waals surface area (Å²) in [5, 5.41) is 0.610. The van der Waals surface area contributed by atoms with Crippen LogP contribution in [-0.2, 0) is 19.4 Å². The molecule has 3 aromatic rings. The van der Waals surface area contributed by atoms with E-state index < -0.39 is 9.84 Å². The number of pyridine rings is 1. The first-order valence-corrected chi connectivity index (χ1v) is 12.7. The molecule has 0 bridgehead atoms. The zero-order chi connectivity index (χ0) is 24.3. The van der Waals surface area contributed by atoms with E-state index in [1.807, 2.05) is 4.90 Å². The molecule has 8 nitrogen and oxygen atoms in total. The zero-order valence-electron chi connectivity index (χ0n) is 19.5. The molecule has 0 N–H and O–H groups in total. The number of sulfone groups is 1. The molecule has 2 heterocycles. The summed E-state index contributed by atoms with van der Waals surface area (Å²) in [7, 11) is -0.824. The van der Waals surface area contributed by atoms with Crippen LogP contribution in [0.25, 0.3) is 10.9 Å². The molecule has 1 aromatic heterocycles. The summed E-state index contributed by atoms with van der Waals surface area (Å²) < 4.78 is 43.6. The molecule has 34 heavy (non-hydrogen) atoms. The van der Waals surface area contributed by atoms with Gasteiger partial charge in [0.2, 0.25) is 9.84 Å². The van der Waals surface area contributed by atoms with Crippen molar-refractivity contribution in [2.24, 2.45) is 5.92 Å². The van der Waals surface area contributed by atoms with Crippen molar-refractivity contribution in [3.05, 3.63) is 48.7 Å². The van der Waals surface area contributed by atoms with Crippen molar-refractivity contribution in [1.82, 2.24) is 4.98 Å². The number of aromatic nitrogens is 1. The van der Waals surface area contributed by atoms with Gasteiger partial charge < -0.3 is 19.1 Å². The van der Waals surface area contributed by atoms with Gasteiger partial charge in [-0.3, -0.25) is 9.78 Å². The van der Waals surface area contributed by atoms with Crippen LogP contribution < -0.4 is 14.4 Å². The second-order valence-electron chi connectivity index (χ2n) is 8.05. The van der Waals surface area contributed by atoms with Crippen molar-refractivity contribution in [3.63, 3.8) is 0 Å². The van der Waals surface area contributed by atoms with Gasteiger partial charge in [-0.2, -0.15) is 0 Å². The molecule has 9 heteroatoms. The predicted molar refractivity (Wildman–Crippen MR) is 128 cm³/mol. The topological polar surface area (TPSA) is 95.0 Å². The van der Waals surface area contributed by atoms with Crippen molar-refractivity contribution in [2.45, 2.75) is 29.6 Å². The Balaban J connectivity index is 1.94. The molecular formula is C25H28N2O6S. The van der Waals surface area contributed by atoms with E-state index in [4.69, 9.17) is 14.2 Å². The Labute approximate surface area is 199 Å². The molecule has 1 atom stereocenters. The molecule has 0 amide bonds. The lowest BCUT2D eigenvalue weighted by atomic mass is 9.97. The lowest BCUT2D eigenvalue weighted by molar-refractivity contribution is -0.148. The van der Waals surface area contributed by atoms with Crippen molar-refractivity contribution in [3.8, 4) is 11.5 Å². The van der Waals surface area contributed by atoms with E-state index in [-0.39, 0.29) is 21.7 Å². The van der Waals surface area contributed by atoms with Crippen LogP contribution in [0.15, 0.2) is 58.5 Å². The van der Waals surface area contributed by atoms with Gasteiger partial charge in [-0.05, 0) is 38.0 Å². The van der Waals surface area contributed by atoms with Crippen LogP contribution in [0.5, 0.6) is 11.5 Å². The SMILES string of the molecule is CCOC(=O)C1CCCN(c2c(S(=O)(=O)c3ccccc3)cnc3cc(OC)c(OC)cc23)C1. The Hall–Kier alpha value is -3.33. The molecule has 4 rings (SSSR count). The summed E-state index contributed by atoms with van der Waals surface area (Å²) in [6, 6.07) is 11.7. The third kappa shape index (κ3) is 4.40. The minimum atomic E-state index is -3.89. The van der Waals surface area contributed by atoms with Gasteiger partial charge in [0.25, 0.3) is 0 Å². The molecule has 1 aliphatic rings. The molecule has 1 fully saturated rings. The van der Waals surface area contributed by atoms with Crippen molar-refractivity contribution in [1.29, 1.82) is 0 Å². The number of fused-ring (bicyclic) bond motifs is 1. The highest BCUT2D eigenvalue weighted by atomic mass is 32.2. The fourth-order valence-electron chi connectivity index (χ4n) is 4.37.